The maximum absolute atomic E-state index is 12.4. The lowest BCUT2D eigenvalue weighted by atomic mass is 10.1. The minimum absolute atomic E-state index is 0.201. The van der Waals surface area contributed by atoms with E-state index < -0.39 is 11.8 Å². The van der Waals surface area contributed by atoms with Gasteiger partial charge in [-0.1, -0.05) is 19.1 Å². The van der Waals surface area contributed by atoms with Crippen molar-refractivity contribution in [2.75, 3.05) is 21.3 Å². The lowest BCUT2D eigenvalue weighted by molar-refractivity contribution is 0.0844. The van der Waals surface area contributed by atoms with Gasteiger partial charge in [-0.3, -0.25) is 20.4 Å². The molecule has 0 unspecified atom stereocenters. The molecule has 0 aliphatic rings. The molecule has 2 amide bonds. The molecule has 0 aromatic heterocycles. The molecule has 7 heteroatoms. The molecule has 0 saturated heterocycles. The van der Waals surface area contributed by atoms with Gasteiger partial charge in [-0.15, -0.1) is 0 Å². The number of ether oxygens (including phenoxy) is 3. The van der Waals surface area contributed by atoms with Gasteiger partial charge in [0.05, 0.1) is 26.9 Å². The molecule has 138 valence electrons. The average molecular weight is 358 g/mol. The Morgan fingerprint density at radius 1 is 0.808 bits per heavy atom. The Kier molecular flexibility index (Phi) is 6.43. The van der Waals surface area contributed by atoms with Crippen LogP contribution in [0.1, 0.15) is 33.2 Å². The Hall–Kier alpha value is -3.22. The molecule has 2 N–H and O–H groups in total. The predicted molar refractivity (Wildman–Crippen MR) is 96.9 cm³/mol. The van der Waals surface area contributed by atoms with Gasteiger partial charge in [-0.25, -0.2) is 0 Å². The summed E-state index contributed by atoms with van der Waals surface area (Å²) >= 11 is 0. The predicted octanol–water partition coefficient (Wildman–Crippen LogP) is 2.35. The van der Waals surface area contributed by atoms with Gasteiger partial charge in [-0.05, 0) is 24.1 Å². The number of aryl methyl sites for hydroxylation is 1. The highest BCUT2D eigenvalue weighted by Gasteiger charge is 2.18. The Morgan fingerprint density at radius 2 is 1.35 bits per heavy atom. The van der Waals surface area contributed by atoms with E-state index in [2.05, 4.69) is 10.9 Å². The molecule has 0 atom stereocenters. The Labute approximate surface area is 152 Å². The number of amides is 2. The lowest BCUT2D eigenvalue weighted by Gasteiger charge is -2.14. The van der Waals surface area contributed by atoms with Crippen LogP contribution >= 0.6 is 0 Å². The van der Waals surface area contributed by atoms with Crippen molar-refractivity contribution in [3.63, 3.8) is 0 Å². The molecule has 0 heterocycles. The van der Waals surface area contributed by atoms with Crippen LogP contribution in [0.3, 0.4) is 0 Å². The minimum Gasteiger partial charge on any atom is -0.496 e. The van der Waals surface area contributed by atoms with Crippen LogP contribution in [0.5, 0.6) is 17.2 Å². The van der Waals surface area contributed by atoms with Crippen LogP contribution in [0, 0.1) is 0 Å². The lowest BCUT2D eigenvalue weighted by Crippen LogP contribution is -2.41. The number of nitrogens with one attached hydrogen (secondary N) is 2. The number of hydrazine groups is 1. The number of carbonyl (C=O) groups excluding carboxylic acids is 2. The molecule has 26 heavy (non-hydrogen) atoms. The molecule has 0 fully saturated rings. The molecular weight excluding hydrogens is 336 g/mol. The summed E-state index contributed by atoms with van der Waals surface area (Å²) in [7, 11) is 4.39. The fourth-order valence-corrected chi connectivity index (χ4v) is 2.35. The zero-order valence-electron chi connectivity index (χ0n) is 15.2. The summed E-state index contributed by atoms with van der Waals surface area (Å²) in [6, 6.07) is 10.2. The third-order valence-electron chi connectivity index (χ3n) is 3.86. The second-order valence-corrected chi connectivity index (χ2v) is 5.37. The number of carbonyl (C=O) groups is 2. The van der Waals surface area contributed by atoms with Gasteiger partial charge >= 0.3 is 0 Å². The van der Waals surface area contributed by atoms with Gasteiger partial charge in [0.25, 0.3) is 11.8 Å². The number of hydrogen-bond acceptors (Lipinski definition) is 5. The van der Waals surface area contributed by atoms with Crippen molar-refractivity contribution in [2.45, 2.75) is 13.3 Å². The number of rotatable bonds is 6. The van der Waals surface area contributed by atoms with Crippen molar-refractivity contribution in [1.29, 1.82) is 0 Å². The van der Waals surface area contributed by atoms with Gasteiger partial charge < -0.3 is 14.2 Å². The second-order valence-electron chi connectivity index (χ2n) is 5.37. The summed E-state index contributed by atoms with van der Waals surface area (Å²) in [5.74, 6) is 0.143. The summed E-state index contributed by atoms with van der Waals surface area (Å²) in [5.41, 5.74) is 6.53. The third-order valence-corrected chi connectivity index (χ3v) is 3.86. The Bertz CT molecular complexity index is 787. The fraction of sp³-hybridized carbons (Fsp3) is 0.263. The Balaban J connectivity index is 2.12. The van der Waals surface area contributed by atoms with Crippen LogP contribution < -0.4 is 25.1 Å². The highest BCUT2D eigenvalue weighted by Crippen LogP contribution is 2.34. The minimum atomic E-state index is -0.540. The summed E-state index contributed by atoms with van der Waals surface area (Å²) < 4.78 is 15.6. The van der Waals surface area contributed by atoms with E-state index in [0.717, 1.165) is 12.0 Å². The first-order valence-corrected chi connectivity index (χ1v) is 8.03. The van der Waals surface area contributed by atoms with Crippen LogP contribution in [-0.2, 0) is 6.42 Å². The average Bonchev–Trinajstić information content (AvgIpc) is 2.70. The van der Waals surface area contributed by atoms with E-state index in [4.69, 9.17) is 14.2 Å². The monoisotopic (exact) mass is 358 g/mol. The van der Waals surface area contributed by atoms with Crippen molar-refractivity contribution in [1.82, 2.24) is 10.9 Å². The topological polar surface area (TPSA) is 85.9 Å². The van der Waals surface area contributed by atoms with Crippen molar-refractivity contribution < 1.29 is 23.8 Å². The van der Waals surface area contributed by atoms with Crippen LogP contribution in [0.25, 0.3) is 0 Å². The molecule has 0 bridgehead atoms. The van der Waals surface area contributed by atoms with E-state index in [1.807, 2.05) is 19.1 Å². The summed E-state index contributed by atoms with van der Waals surface area (Å²) in [6.07, 6.45) is 0.887. The molecule has 2 aromatic rings. The highest BCUT2D eigenvalue weighted by molar-refractivity contribution is 6.01. The molecule has 0 aliphatic heterocycles. The van der Waals surface area contributed by atoms with Crippen molar-refractivity contribution in [2.24, 2.45) is 0 Å². The molecule has 0 spiro atoms. The van der Waals surface area contributed by atoms with E-state index in [-0.39, 0.29) is 5.56 Å². The zero-order valence-corrected chi connectivity index (χ0v) is 15.2. The third kappa shape index (κ3) is 4.24. The van der Waals surface area contributed by atoms with Gasteiger partial charge in [0.1, 0.15) is 5.75 Å². The first kappa shape index (κ1) is 19.1. The van der Waals surface area contributed by atoms with E-state index >= 15 is 0 Å². The van der Waals surface area contributed by atoms with Gasteiger partial charge in [-0.2, -0.15) is 0 Å². The molecule has 7 nitrogen and oxygen atoms in total. The zero-order chi connectivity index (χ0) is 19.1. The SMILES string of the molecule is CCc1ccc(C(=O)NNC(=O)c2cc(OC)c(OC)cc2OC)cc1. The van der Waals surface area contributed by atoms with Crippen LogP contribution in [0.15, 0.2) is 36.4 Å². The molecule has 2 rings (SSSR count). The van der Waals surface area contributed by atoms with Gasteiger partial charge in [0.15, 0.2) is 11.5 Å². The maximum atomic E-state index is 12.4. The van der Waals surface area contributed by atoms with Gasteiger partial charge in [0.2, 0.25) is 0 Å². The maximum Gasteiger partial charge on any atom is 0.273 e. The molecule has 2 aromatic carbocycles. The van der Waals surface area contributed by atoms with Crippen LogP contribution in [0.4, 0.5) is 0 Å². The van der Waals surface area contributed by atoms with E-state index in [1.54, 1.807) is 18.2 Å². The van der Waals surface area contributed by atoms with E-state index in [0.29, 0.717) is 22.8 Å². The van der Waals surface area contributed by atoms with E-state index in [1.165, 1.54) is 27.4 Å². The normalized spacial score (nSPS) is 10.0. The van der Waals surface area contributed by atoms with Crippen LogP contribution in [0.2, 0.25) is 0 Å². The molecule has 0 radical (unpaired) electrons. The smallest absolute Gasteiger partial charge is 0.273 e. The highest BCUT2D eigenvalue weighted by atomic mass is 16.5. The molecular formula is C19H22N2O5. The first-order chi connectivity index (χ1) is 12.5. The quantitative estimate of drug-likeness (QED) is 0.774. The number of hydrogen-bond donors (Lipinski definition) is 2. The molecule has 0 aliphatic carbocycles. The van der Waals surface area contributed by atoms with Gasteiger partial charge in [0, 0.05) is 17.7 Å². The fourth-order valence-electron chi connectivity index (χ4n) is 2.35. The molecule has 0 saturated carbocycles. The second kappa shape index (κ2) is 8.75. The Morgan fingerprint density at radius 3 is 1.88 bits per heavy atom. The van der Waals surface area contributed by atoms with Crippen LogP contribution in [-0.4, -0.2) is 33.1 Å². The van der Waals surface area contributed by atoms with Crippen molar-refractivity contribution in [3.05, 3.63) is 53.1 Å². The largest absolute Gasteiger partial charge is 0.496 e. The van der Waals surface area contributed by atoms with Crippen molar-refractivity contribution >= 4 is 11.8 Å². The summed E-state index contributed by atoms with van der Waals surface area (Å²) in [4.78, 5) is 24.6. The first-order valence-electron chi connectivity index (χ1n) is 8.03. The van der Waals surface area contributed by atoms with E-state index in [9.17, 15) is 9.59 Å². The summed E-state index contributed by atoms with van der Waals surface area (Å²) in [6.45, 7) is 2.03. The standard InChI is InChI=1S/C19H22N2O5/c1-5-12-6-8-13(9-7-12)18(22)20-21-19(23)14-10-16(25-3)17(26-4)11-15(14)24-2/h6-11H,5H2,1-4H3,(H,20,22)(H,21,23). The number of methoxy groups -OCH3 is 3. The van der Waals surface area contributed by atoms with Crippen molar-refractivity contribution in [3.8, 4) is 17.2 Å². The number of benzene rings is 2. The summed E-state index contributed by atoms with van der Waals surface area (Å²) in [5, 5.41) is 0.